The summed E-state index contributed by atoms with van der Waals surface area (Å²) in [5.74, 6) is 1.12. The average Bonchev–Trinajstić information content (AvgIpc) is 2.50. The summed E-state index contributed by atoms with van der Waals surface area (Å²) >= 11 is 0. The maximum atomic E-state index is 12.5. The zero-order chi connectivity index (χ0) is 16.2. The Morgan fingerprint density at radius 2 is 2.18 bits per heavy atom. The van der Waals surface area contributed by atoms with Crippen LogP contribution in [0.15, 0.2) is 24.3 Å². The molecule has 0 bridgehead atoms. The van der Waals surface area contributed by atoms with Crippen molar-refractivity contribution in [1.82, 2.24) is 5.32 Å². The van der Waals surface area contributed by atoms with Crippen LogP contribution in [0.2, 0.25) is 0 Å². The molecule has 0 fully saturated rings. The van der Waals surface area contributed by atoms with Crippen molar-refractivity contribution in [2.75, 3.05) is 13.2 Å². The number of ether oxygens (including phenoxy) is 1. The largest absolute Gasteiger partial charge is 0.493 e. The number of carbonyl (C=O) groups is 1. The molecular formula is C18H27NO3. The third kappa shape index (κ3) is 4.47. The Kier molecular flexibility index (Phi) is 5.46. The Morgan fingerprint density at radius 3 is 2.91 bits per heavy atom. The monoisotopic (exact) mass is 305 g/mol. The summed E-state index contributed by atoms with van der Waals surface area (Å²) in [6.45, 7) is 6.89. The van der Waals surface area contributed by atoms with E-state index < -0.39 is 5.60 Å². The highest BCUT2D eigenvalue weighted by Gasteiger charge is 2.29. The van der Waals surface area contributed by atoms with Gasteiger partial charge in [0.25, 0.3) is 0 Å². The lowest BCUT2D eigenvalue weighted by molar-refractivity contribution is -0.124. The van der Waals surface area contributed by atoms with Crippen LogP contribution in [-0.4, -0.2) is 29.8 Å². The normalized spacial score (nSPS) is 20.0. The molecule has 0 saturated carbocycles. The zero-order valence-electron chi connectivity index (χ0n) is 13.8. The Morgan fingerprint density at radius 1 is 1.45 bits per heavy atom. The van der Waals surface area contributed by atoms with Crippen molar-refractivity contribution in [3.8, 4) is 5.75 Å². The number of para-hydroxylation sites is 1. The van der Waals surface area contributed by atoms with Gasteiger partial charge in [-0.1, -0.05) is 32.0 Å². The molecule has 0 saturated heterocycles. The van der Waals surface area contributed by atoms with E-state index >= 15 is 0 Å². The lowest BCUT2D eigenvalue weighted by atomic mass is 9.91. The summed E-state index contributed by atoms with van der Waals surface area (Å²) in [7, 11) is 0. The molecule has 22 heavy (non-hydrogen) atoms. The van der Waals surface area contributed by atoms with Gasteiger partial charge in [0.1, 0.15) is 5.75 Å². The second kappa shape index (κ2) is 7.14. The SMILES string of the molecule is CC(C)CCC(C)(O)CNC(=O)C1CCOc2ccccc21. The molecule has 2 N–H and O–H groups in total. The smallest absolute Gasteiger partial charge is 0.227 e. The summed E-state index contributed by atoms with van der Waals surface area (Å²) in [4.78, 5) is 12.5. The van der Waals surface area contributed by atoms with E-state index in [2.05, 4.69) is 19.2 Å². The number of benzene rings is 1. The summed E-state index contributed by atoms with van der Waals surface area (Å²) < 4.78 is 5.58. The van der Waals surface area contributed by atoms with Gasteiger partial charge in [-0.2, -0.15) is 0 Å². The third-order valence-corrected chi connectivity index (χ3v) is 4.18. The minimum atomic E-state index is -0.857. The van der Waals surface area contributed by atoms with Gasteiger partial charge in [-0.15, -0.1) is 0 Å². The summed E-state index contributed by atoms with van der Waals surface area (Å²) in [6.07, 6.45) is 2.31. The van der Waals surface area contributed by atoms with Gasteiger partial charge in [0.15, 0.2) is 0 Å². The fourth-order valence-corrected chi connectivity index (χ4v) is 2.70. The maximum absolute atomic E-state index is 12.5. The van der Waals surface area contributed by atoms with Gasteiger partial charge in [0, 0.05) is 12.1 Å². The number of rotatable bonds is 6. The van der Waals surface area contributed by atoms with Crippen LogP contribution >= 0.6 is 0 Å². The van der Waals surface area contributed by atoms with Crippen LogP contribution in [0.5, 0.6) is 5.75 Å². The van der Waals surface area contributed by atoms with Crippen LogP contribution < -0.4 is 10.1 Å². The Hall–Kier alpha value is -1.55. The lowest BCUT2D eigenvalue weighted by Crippen LogP contribution is -2.43. The standard InChI is InChI=1S/C18H27NO3/c1-13(2)8-10-18(3,21)12-19-17(20)15-9-11-22-16-7-5-4-6-14(15)16/h4-7,13,15,21H,8-12H2,1-3H3,(H,19,20). The van der Waals surface area contributed by atoms with E-state index in [9.17, 15) is 9.90 Å². The number of nitrogens with one attached hydrogen (secondary N) is 1. The second-order valence-corrected chi connectivity index (χ2v) is 6.87. The van der Waals surface area contributed by atoms with Gasteiger partial charge in [-0.25, -0.2) is 0 Å². The van der Waals surface area contributed by atoms with Crippen molar-refractivity contribution >= 4 is 5.91 Å². The minimum absolute atomic E-state index is 0.0272. The lowest BCUT2D eigenvalue weighted by Gasteiger charge is -2.28. The fraction of sp³-hybridized carbons (Fsp3) is 0.611. The second-order valence-electron chi connectivity index (χ2n) is 6.87. The van der Waals surface area contributed by atoms with Crippen LogP contribution in [-0.2, 0) is 4.79 Å². The molecule has 2 rings (SSSR count). The average molecular weight is 305 g/mol. The number of hydrogen-bond donors (Lipinski definition) is 2. The molecule has 2 atom stereocenters. The molecule has 0 spiro atoms. The number of carbonyl (C=O) groups excluding carboxylic acids is 1. The first-order chi connectivity index (χ1) is 10.4. The van der Waals surface area contributed by atoms with Gasteiger partial charge >= 0.3 is 0 Å². The first-order valence-electron chi connectivity index (χ1n) is 8.11. The highest BCUT2D eigenvalue weighted by molar-refractivity contribution is 5.84. The highest BCUT2D eigenvalue weighted by atomic mass is 16.5. The van der Waals surface area contributed by atoms with Gasteiger partial charge in [0.2, 0.25) is 5.91 Å². The maximum Gasteiger partial charge on any atom is 0.227 e. The molecular weight excluding hydrogens is 278 g/mol. The van der Waals surface area contributed by atoms with Crippen molar-refractivity contribution in [2.45, 2.75) is 51.6 Å². The van der Waals surface area contributed by atoms with Crippen molar-refractivity contribution in [3.63, 3.8) is 0 Å². The van der Waals surface area contributed by atoms with Crippen molar-refractivity contribution in [2.24, 2.45) is 5.92 Å². The first kappa shape index (κ1) is 16.8. The zero-order valence-corrected chi connectivity index (χ0v) is 13.8. The van der Waals surface area contributed by atoms with Crippen molar-refractivity contribution in [3.05, 3.63) is 29.8 Å². The Labute approximate surface area is 132 Å². The van der Waals surface area contributed by atoms with E-state index in [1.165, 1.54) is 0 Å². The number of amides is 1. The molecule has 122 valence electrons. The molecule has 4 heteroatoms. The van der Waals surface area contributed by atoms with Gasteiger partial charge < -0.3 is 15.2 Å². The molecule has 0 aromatic heterocycles. The molecule has 4 nitrogen and oxygen atoms in total. The Balaban J connectivity index is 1.93. The predicted octanol–water partition coefficient (Wildman–Crippen LogP) is 2.86. The number of aliphatic hydroxyl groups is 1. The topological polar surface area (TPSA) is 58.6 Å². The number of fused-ring (bicyclic) bond motifs is 1. The van der Waals surface area contributed by atoms with E-state index in [4.69, 9.17) is 4.74 Å². The van der Waals surface area contributed by atoms with E-state index in [1.807, 2.05) is 24.3 Å². The van der Waals surface area contributed by atoms with Crippen LogP contribution in [0.4, 0.5) is 0 Å². The summed E-state index contributed by atoms with van der Waals surface area (Å²) in [5, 5.41) is 13.3. The quantitative estimate of drug-likeness (QED) is 0.849. The molecule has 0 radical (unpaired) electrons. The fourth-order valence-electron chi connectivity index (χ4n) is 2.70. The van der Waals surface area contributed by atoms with Gasteiger partial charge in [-0.3, -0.25) is 4.79 Å². The molecule has 0 aliphatic carbocycles. The first-order valence-corrected chi connectivity index (χ1v) is 8.11. The van der Waals surface area contributed by atoms with Gasteiger partial charge in [0.05, 0.1) is 18.1 Å². The van der Waals surface area contributed by atoms with E-state index in [-0.39, 0.29) is 18.4 Å². The van der Waals surface area contributed by atoms with E-state index in [0.29, 0.717) is 25.4 Å². The molecule has 1 heterocycles. The van der Waals surface area contributed by atoms with Crippen LogP contribution in [0.3, 0.4) is 0 Å². The van der Waals surface area contributed by atoms with Crippen LogP contribution in [0.1, 0.15) is 51.5 Å². The van der Waals surface area contributed by atoms with E-state index in [1.54, 1.807) is 6.92 Å². The third-order valence-electron chi connectivity index (χ3n) is 4.18. The Bertz CT molecular complexity index is 511. The van der Waals surface area contributed by atoms with Crippen LogP contribution in [0, 0.1) is 5.92 Å². The molecule has 1 aliphatic rings. The molecule has 1 aromatic carbocycles. The van der Waals surface area contributed by atoms with Gasteiger partial charge in [-0.05, 0) is 38.2 Å². The highest BCUT2D eigenvalue weighted by Crippen LogP contribution is 2.33. The molecule has 1 amide bonds. The molecule has 1 aliphatic heterocycles. The van der Waals surface area contributed by atoms with Crippen LogP contribution in [0.25, 0.3) is 0 Å². The number of hydrogen-bond acceptors (Lipinski definition) is 3. The van der Waals surface area contributed by atoms with Crippen molar-refractivity contribution < 1.29 is 14.6 Å². The summed E-state index contributed by atoms with van der Waals surface area (Å²) in [5.41, 5.74) is 0.0815. The summed E-state index contributed by atoms with van der Waals surface area (Å²) in [6, 6.07) is 7.67. The minimum Gasteiger partial charge on any atom is -0.493 e. The van der Waals surface area contributed by atoms with E-state index in [0.717, 1.165) is 17.7 Å². The predicted molar refractivity (Wildman–Crippen MR) is 87.0 cm³/mol. The molecule has 1 aromatic rings. The van der Waals surface area contributed by atoms with Crippen molar-refractivity contribution in [1.29, 1.82) is 0 Å². The molecule has 2 unspecified atom stereocenters.